The lowest BCUT2D eigenvalue weighted by Gasteiger charge is -1.94. The highest BCUT2D eigenvalue weighted by molar-refractivity contribution is 7.19. The van der Waals surface area contributed by atoms with Crippen molar-refractivity contribution in [2.45, 2.75) is 0 Å². The van der Waals surface area contributed by atoms with E-state index in [1.54, 1.807) is 11.3 Å². The third-order valence-electron chi connectivity index (χ3n) is 3.57. The van der Waals surface area contributed by atoms with Crippen LogP contribution in [0.3, 0.4) is 0 Å². The van der Waals surface area contributed by atoms with Gasteiger partial charge < -0.3 is 4.98 Å². The van der Waals surface area contributed by atoms with Gasteiger partial charge in [-0.15, -0.1) is 11.3 Å². The molecular formula is C18H11N3S. The standard InChI is InChI=1S/C18H11N3S/c19-10-12(18-21-16-7-3-4-8-17(16)22-18)9-13-11-20-15-6-2-1-5-14(13)15/h1-9,11,20H/b12-9-. The Bertz CT molecular complexity index is 1010. The second kappa shape index (κ2) is 5.14. The number of fused-ring (bicyclic) bond motifs is 2. The SMILES string of the molecule is N#C/C(=C/c1c[nH]c2ccccc12)c1nc2ccccc2s1. The van der Waals surface area contributed by atoms with Crippen molar-refractivity contribution in [2.75, 3.05) is 0 Å². The highest BCUT2D eigenvalue weighted by atomic mass is 32.1. The summed E-state index contributed by atoms with van der Waals surface area (Å²) in [6.45, 7) is 0. The van der Waals surface area contributed by atoms with Gasteiger partial charge in [0.15, 0.2) is 0 Å². The predicted octanol–water partition coefficient (Wildman–Crippen LogP) is 4.84. The second-order valence-corrected chi connectivity index (χ2v) is 5.98. The van der Waals surface area contributed by atoms with Crippen LogP contribution < -0.4 is 0 Å². The van der Waals surface area contributed by atoms with Crippen LogP contribution >= 0.6 is 11.3 Å². The molecule has 0 atom stereocenters. The molecule has 0 saturated carbocycles. The van der Waals surface area contributed by atoms with E-state index in [-0.39, 0.29) is 0 Å². The van der Waals surface area contributed by atoms with Gasteiger partial charge in [0.25, 0.3) is 0 Å². The lowest BCUT2D eigenvalue weighted by Crippen LogP contribution is -1.79. The molecule has 0 aliphatic heterocycles. The molecular weight excluding hydrogens is 290 g/mol. The van der Waals surface area contributed by atoms with Crippen LogP contribution in [0.2, 0.25) is 0 Å². The number of nitrogens with zero attached hydrogens (tertiary/aromatic N) is 2. The zero-order chi connectivity index (χ0) is 14.9. The van der Waals surface area contributed by atoms with E-state index in [2.05, 4.69) is 16.0 Å². The van der Waals surface area contributed by atoms with Gasteiger partial charge in [-0.2, -0.15) is 5.26 Å². The van der Waals surface area contributed by atoms with Gasteiger partial charge >= 0.3 is 0 Å². The number of aromatic nitrogens is 2. The third-order valence-corrected chi connectivity index (χ3v) is 4.64. The Morgan fingerprint density at radius 3 is 2.82 bits per heavy atom. The number of benzene rings is 2. The summed E-state index contributed by atoms with van der Waals surface area (Å²) in [5.41, 5.74) is 3.59. The van der Waals surface area contributed by atoms with Gasteiger partial charge in [-0.25, -0.2) is 4.98 Å². The molecule has 2 aromatic heterocycles. The number of H-pyrrole nitrogens is 1. The van der Waals surface area contributed by atoms with Crippen molar-refractivity contribution < 1.29 is 0 Å². The highest BCUT2D eigenvalue weighted by Gasteiger charge is 2.09. The Balaban J connectivity index is 1.86. The van der Waals surface area contributed by atoms with E-state index in [0.717, 1.165) is 31.7 Å². The first-order valence-electron chi connectivity index (χ1n) is 6.89. The van der Waals surface area contributed by atoms with Crippen LogP contribution in [0, 0.1) is 11.3 Å². The van der Waals surface area contributed by atoms with Crippen molar-refractivity contribution in [1.82, 2.24) is 9.97 Å². The number of aromatic amines is 1. The maximum absolute atomic E-state index is 9.51. The third kappa shape index (κ3) is 2.09. The number of allylic oxidation sites excluding steroid dienone is 1. The largest absolute Gasteiger partial charge is 0.361 e. The number of nitrogens with one attached hydrogen (secondary N) is 1. The number of hydrogen-bond donors (Lipinski definition) is 1. The van der Waals surface area contributed by atoms with E-state index in [4.69, 9.17) is 0 Å². The molecule has 0 aliphatic rings. The van der Waals surface area contributed by atoms with Gasteiger partial charge in [0.05, 0.1) is 15.8 Å². The number of para-hydroxylation sites is 2. The lowest BCUT2D eigenvalue weighted by molar-refractivity contribution is 1.43. The van der Waals surface area contributed by atoms with Crippen molar-refractivity contribution in [3.05, 3.63) is 65.3 Å². The minimum Gasteiger partial charge on any atom is -0.361 e. The van der Waals surface area contributed by atoms with Gasteiger partial charge in [-0.3, -0.25) is 0 Å². The molecule has 0 unspecified atom stereocenters. The smallest absolute Gasteiger partial charge is 0.135 e. The zero-order valence-electron chi connectivity index (χ0n) is 11.6. The average Bonchev–Trinajstić information content (AvgIpc) is 3.16. The van der Waals surface area contributed by atoms with Crippen LogP contribution in [0.15, 0.2) is 54.7 Å². The molecule has 0 aliphatic carbocycles. The van der Waals surface area contributed by atoms with Crippen LogP contribution in [0.5, 0.6) is 0 Å². The molecule has 4 rings (SSSR count). The fourth-order valence-electron chi connectivity index (χ4n) is 2.50. The molecule has 0 saturated heterocycles. The Labute approximate surface area is 131 Å². The van der Waals surface area contributed by atoms with E-state index in [1.807, 2.05) is 60.8 Å². The van der Waals surface area contributed by atoms with Gasteiger partial charge in [0.2, 0.25) is 0 Å². The Morgan fingerprint density at radius 1 is 1.14 bits per heavy atom. The minimum absolute atomic E-state index is 0.589. The van der Waals surface area contributed by atoms with Crippen LogP contribution in [0.4, 0.5) is 0 Å². The van der Waals surface area contributed by atoms with E-state index in [1.165, 1.54) is 0 Å². The molecule has 0 fully saturated rings. The van der Waals surface area contributed by atoms with Gasteiger partial charge in [0, 0.05) is 22.7 Å². The first-order valence-corrected chi connectivity index (χ1v) is 7.70. The van der Waals surface area contributed by atoms with Gasteiger partial charge in [-0.1, -0.05) is 30.3 Å². The summed E-state index contributed by atoms with van der Waals surface area (Å²) < 4.78 is 1.09. The molecule has 0 bridgehead atoms. The summed E-state index contributed by atoms with van der Waals surface area (Å²) >= 11 is 1.55. The first kappa shape index (κ1) is 12.8. The fourth-order valence-corrected chi connectivity index (χ4v) is 3.43. The molecule has 1 N–H and O–H groups in total. The van der Waals surface area contributed by atoms with Crippen molar-refractivity contribution in [1.29, 1.82) is 5.26 Å². The molecule has 104 valence electrons. The van der Waals surface area contributed by atoms with E-state index < -0.39 is 0 Å². The average molecular weight is 301 g/mol. The Morgan fingerprint density at radius 2 is 1.95 bits per heavy atom. The van der Waals surface area contributed by atoms with Crippen molar-refractivity contribution in [3.63, 3.8) is 0 Å². The molecule has 0 radical (unpaired) electrons. The molecule has 0 spiro atoms. The van der Waals surface area contributed by atoms with Gasteiger partial charge in [0.1, 0.15) is 11.1 Å². The minimum atomic E-state index is 0.589. The number of nitriles is 1. The molecule has 2 heterocycles. The summed E-state index contributed by atoms with van der Waals surface area (Å²) in [5, 5.41) is 11.4. The summed E-state index contributed by atoms with van der Waals surface area (Å²) in [4.78, 5) is 7.79. The summed E-state index contributed by atoms with van der Waals surface area (Å²) in [6, 6.07) is 18.3. The second-order valence-electron chi connectivity index (χ2n) is 4.95. The van der Waals surface area contributed by atoms with Crippen LogP contribution in [0.25, 0.3) is 32.8 Å². The number of thiazole rings is 1. The number of hydrogen-bond acceptors (Lipinski definition) is 3. The highest BCUT2D eigenvalue weighted by Crippen LogP contribution is 2.29. The topological polar surface area (TPSA) is 52.5 Å². The van der Waals surface area contributed by atoms with E-state index >= 15 is 0 Å². The number of rotatable bonds is 2. The quantitative estimate of drug-likeness (QED) is 0.538. The molecule has 0 amide bonds. The normalized spacial score (nSPS) is 11.9. The fraction of sp³-hybridized carbons (Fsp3) is 0. The van der Waals surface area contributed by atoms with Crippen molar-refractivity contribution >= 4 is 44.1 Å². The summed E-state index contributed by atoms with van der Waals surface area (Å²) in [5.74, 6) is 0. The van der Waals surface area contributed by atoms with Crippen LogP contribution in [-0.2, 0) is 0 Å². The summed E-state index contributed by atoms with van der Waals surface area (Å²) in [6.07, 6.45) is 3.83. The summed E-state index contributed by atoms with van der Waals surface area (Å²) in [7, 11) is 0. The zero-order valence-corrected chi connectivity index (χ0v) is 12.4. The lowest BCUT2D eigenvalue weighted by atomic mass is 10.1. The molecule has 2 aromatic carbocycles. The van der Waals surface area contributed by atoms with E-state index in [0.29, 0.717) is 5.57 Å². The monoisotopic (exact) mass is 301 g/mol. The van der Waals surface area contributed by atoms with E-state index in [9.17, 15) is 5.26 Å². The molecule has 3 nitrogen and oxygen atoms in total. The maximum atomic E-state index is 9.51. The Hall–Kier alpha value is -2.90. The predicted molar refractivity (Wildman–Crippen MR) is 91.4 cm³/mol. The maximum Gasteiger partial charge on any atom is 0.135 e. The molecule has 4 aromatic rings. The van der Waals surface area contributed by atoms with Crippen molar-refractivity contribution in [3.8, 4) is 6.07 Å². The molecule has 22 heavy (non-hydrogen) atoms. The van der Waals surface area contributed by atoms with Crippen LogP contribution in [0.1, 0.15) is 10.6 Å². The van der Waals surface area contributed by atoms with Gasteiger partial charge in [-0.05, 0) is 24.3 Å². The first-order chi connectivity index (χ1) is 10.8. The van der Waals surface area contributed by atoms with Crippen LogP contribution in [-0.4, -0.2) is 9.97 Å². The molecule has 4 heteroatoms. The van der Waals surface area contributed by atoms with Crippen molar-refractivity contribution in [2.24, 2.45) is 0 Å². The Kier molecular flexibility index (Phi) is 2.99.